The number of pyridine rings is 2. The second kappa shape index (κ2) is 8.18. The van der Waals surface area contributed by atoms with Crippen molar-refractivity contribution >= 4 is 16.7 Å². The van der Waals surface area contributed by atoms with E-state index >= 15 is 0 Å². The van der Waals surface area contributed by atoms with Crippen LogP contribution in [0.2, 0.25) is 0 Å². The Morgan fingerprint density at radius 1 is 1.18 bits per heavy atom. The monoisotopic (exact) mass is 465 g/mol. The van der Waals surface area contributed by atoms with Crippen LogP contribution in [0.4, 0.5) is 18.9 Å². The van der Waals surface area contributed by atoms with E-state index in [0.717, 1.165) is 17.3 Å². The normalized spacial score (nSPS) is 11.8. The lowest BCUT2D eigenvalue weighted by atomic mass is 10.1. The molecule has 0 aliphatic carbocycles. The molecule has 0 saturated carbocycles. The minimum Gasteiger partial charge on any atom is -0.379 e. The van der Waals surface area contributed by atoms with Gasteiger partial charge in [0.15, 0.2) is 0 Å². The van der Waals surface area contributed by atoms with Crippen LogP contribution >= 0.6 is 0 Å². The van der Waals surface area contributed by atoms with Gasteiger partial charge < -0.3 is 19.9 Å². The second-order valence-electron chi connectivity index (χ2n) is 7.66. The summed E-state index contributed by atoms with van der Waals surface area (Å²) in [6, 6.07) is 7.61. The Labute approximate surface area is 190 Å². The van der Waals surface area contributed by atoms with Crippen molar-refractivity contribution in [3.05, 3.63) is 88.6 Å². The number of anilines is 1. The molecular weight excluding hydrogens is 447 g/mol. The summed E-state index contributed by atoms with van der Waals surface area (Å²) >= 11 is 0. The number of nitrogens with zero attached hydrogens (tertiary/aromatic N) is 4. The Morgan fingerprint density at radius 2 is 2.03 bits per heavy atom. The topological polar surface area (TPSA) is 104 Å². The molecule has 1 aromatic carbocycles. The lowest BCUT2D eigenvalue weighted by Crippen LogP contribution is -2.16. The van der Waals surface area contributed by atoms with E-state index in [2.05, 4.69) is 30.2 Å². The van der Waals surface area contributed by atoms with Crippen LogP contribution in [0.25, 0.3) is 28.1 Å². The van der Waals surface area contributed by atoms with Crippen LogP contribution in [0.1, 0.15) is 16.8 Å². The Bertz CT molecular complexity index is 1530. The number of alkyl halides is 3. The molecule has 0 aliphatic heterocycles. The minimum absolute atomic E-state index is 0.174. The van der Waals surface area contributed by atoms with Crippen molar-refractivity contribution in [3.8, 4) is 17.1 Å². The van der Waals surface area contributed by atoms with E-state index in [-0.39, 0.29) is 17.8 Å². The molecule has 11 heteroatoms. The highest BCUT2D eigenvalue weighted by Gasteiger charge is 2.33. The van der Waals surface area contributed by atoms with Crippen LogP contribution in [-0.2, 0) is 12.7 Å². The fraction of sp³-hybridized carbons (Fsp3) is 0.130. The first-order valence-corrected chi connectivity index (χ1v) is 10.3. The van der Waals surface area contributed by atoms with Crippen molar-refractivity contribution in [2.45, 2.75) is 19.6 Å². The Morgan fingerprint density at radius 3 is 2.79 bits per heavy atom. The summed E-state index contributed by atoms with van der Waals surface area (Å²) in [7, 11) is 0. The number of aromatic amines is 2. The summed E-state index contributed by atoms with van der Waals surface area (Å²) < 4.78 is 41.8. The van der Waals surface area contributed by atoms with Crippen molar-refractivity contribution in [3.63, 3.8) is 0 Å². The van der Waals surface area contributed by atoms with Crippen LogP contribution in [0.3, 0.4) is 0 Å². The number of fused-ring (bicyclic) bond motifs is 1. The molecule has 0 bridgehead atoms. The summed E-state index contributed by atoms with van der Waals surface area (Å²) in [4.78, 5) is 31.0. The number of rotatable bonds is 5. The zero-order valence-electron chi connectivity index (χ0n) is 17.8. The van der Waals surface area contributed by atoms with Gasteiger partial charge in [0, 0.05) is 30.5 Å². The maximum Gasteiger partial charge on any atom is 0.418 e. The average molecular weight is 465 g/mol. The van der Waals surface area contributed by atoms with Gasteiger partial charge >= 0.3 is 6.18 Å². The Hall–Kier alpha value is -4.41. The number of hydrogen-bond acceptors (Lipinski definition) is 5. The summed E-state index contributed by atoms with van der Waals surface area (Å²) in [5.74, 6) is 0.294. The maximum absolute atomic E-state index is 13.3. The highest BCUT2D eigenvalue weighted by molar-refractivity contribution is 5.86. The van der Waals surface area contributed by atoms with Crippen molar-refractivity contribution in [2.75, 3.05) is 5.32 Å². The van der Waals surface area contributed by atoms with Gasteiger partial charge in [0.05, 0.1) is 40.9 Å². The number of halogens is 3. The molecule has 0 saturated heterocycles. The summed E-state index contributed by atoms with van der Waals surface area (Å²) in [6.07, 6.45) is 3.34. The molecule has 0 atom stereocenters. The first-order chi connectivity index (χ1) is 16.3. The standard InChI is InChI=1S/C23H18F3N7O/c1-13-9-14(33-8-7-27-12-33)10-17-20(13)32-21(31-17)19-16(4-6-29-22(19)34)30-11-18-15(23(24,25)26)3-2-5-28-18/h2-10,12H,11H2,1H3,(H,31,32)(H2,29,30,34). The van der Waals surface area contributed by atoms with Gasteiger partial charge in [-0.15, -0.1) is 0 Å². The maximum atomic E-state index is 13.3. The molecule has 5 aromatic rings. The van der Waals surface area contributed by atoms with Gasteiger partial charge in [-0.25, -0.2) is 9.97 Å². The highest BCUT2D eigenvalue weighted by Crippen LogP contribution is 2.32. The lowest BCUT2D eigenvalue weighted by Gasteiger charge is -2.14. The first kappa shape index (κ1) is 21.4. The minimum atomic E-state index is -4.54. The SMILES string of the molecule is Cc1cc(-n2ccnc2)cc2[nH]c(-c3c(NCc4ncccc4C(F)(F)F)cc[nH]c3=O)nc12. The van der Waals surface area contributed by atoms with Gasteiger partial charge in [-0.05, 0) is 42.8 Å². The molecule has 0 aliphatic rings. The molecule has 5 rings (SSSR count). The molecule has 172 valence electrons. The molecule has 0 unspecified atom stereocenters. The predicted octanol–water partition coefficient (Wildman–Crippen LogP) is 4.44. The van der Waals surface area contributed by atoms with E-state index in [0.29, 0.717) is 22.5 Å². The Kier molecular flexibility index (Phi) is 5.16. The van der Waals surface area contributed by atoms with Crippen molar-refractivity contribution in [1.82, 2.24) is 29.5 Å². The number of nitrogens with one attached hydrogen (secondary N) is 3. The van der Waals surface area contributed by atoms with Crippen molar-refractivity contribution in [2.24, 2.45) is 0 Å². The average Bonchev–Trinajstić information content (AvgIpc) is 3.47. The number of benzene rings is 1. The van der Waals surface area contributed by atoms with Crippen LogP contribution in [0.5, 0.6) is 0 Å². The number of imidazole rings is 2. The van der Waals surface area contributed by atoms with E-state index < -0.39 is 17.3 Å². The molecule has 4 aromatic heterocycles. The van der Waals surface area contributed by atoms with Crippen LogP contribution in [-0.4, -0.2) is 29.5 Å². The van der Waals surface area contributed by atoms with Gasteiger partial charge in [-0.3, -0.25) is 9.78 Å². The quantitative estimate of drug-likeness (QED) is 0.356. The third kappa shape index (κ3) is 3.91. The summed E-state index contributed by atoms with van der Waals surface area (Å²) in [6.45, 7) is 1.68. The van der Waals surface area contributed by atoms with E-state index in [1.165, 1.54) is 18.5 Å². The van der Waals surface area contributed by atoms with Gasteiger partial charge in [0.25, 0.3) is 5.56 Å². The third-order valence-corrected chi connectivity index (χ3v) is 5.40. The molecule has 0 radical (unpaired) electrons. The fourth-order valence-electron chi connectivity index (χ4n) is 3.83. The highest BCUT2D eigenvalue weighted by atomic mass is 19.4. The summed E-state index contributed by atoms with van der Waals surface area (Å²) in [5, 5.41) is 2.92. The van der Waals surface area contributed by atoms with Crippen LogP contribution in [0, 0.1) is 6.92 Å². The molecule has 3 N–H and O–H groups in total. The Balaban J connectivity index is 1.54. The van der Waals surface area contributed by atoms with Crippen molar-refractivity contribution < 1.29 is 13.2 Å². The third-order valence-electron chi connectivity index (χ3n) is 5.40. The largest absolute Gasteiger partial charge is 0.418 e. The van der Waals surface area contributed by atoms with Crippen molar-refractivity contribution in [1.29, 1.82) is 0 Å². The zero-order chi connectivity index (χ0) is 23.9. The number of aryl methyl sites for hydroxylation is 1. The molecule has 8 nitrogen and oxygen atoms in total. The van der Waals surface area contributed by atoms with E-state index in [4.69, 9.17) is 0 Å². The summed E-state index contributed by atoms with van der Waals surface area (Å²) in [5.41, 5.74) is 2.21. The zero-order valence-corrected chi connectivity index (χ0v) is 17.8. The predicted molar refractivity (Wildman–Crippen MR) is 121 cm³/mol. The number of hydrogen-bond donors (Lipinski definition) is 3. The van der Waals surface area contributed by atoms with E-state index in [1.54, 1.807) is 18.6 Å². The van der Waals surface area contributed by atoms with Gasteiger partial charge in [-0.2, -0.15) is 13.2 Å². The first-order valence-electron chi connectivity index (χ1n) is 10.3. The van der Waals surface area contributed by atoms with Gasteiger partial charge in [0.1, 0.15) is 11.4 Å². The van der Waals surface area contributed by atoms with E-state index in [9.17, 15) is 18.0 Å². The van der Waals surface area contributed by atoms with E-state index in [1.807, 2.05) is 29.8 Å². The molecule has 0 fully saturated rings. The lowest BCUT2D eigenvalue weighted by molar-refractivity contribution is -0.138. The molecule has 0 amide bonds. The van der Waals surface area contributed by atoms with Gasteiger partial charge in [0.2, 0.25) is 0 Å². The molecular formula is C23H18F3N7O. The molecule has 4 heterocycles. The fourth-order valence-corrected chi connectivity index (χ4v) is 3.83. The van der Waals surface area contributed by atoms with Crippen LogP contribution < -0.4 is 10.9 Å². The second-order valence-corrected chi connectivity index (χ2v) is 7.66. The van der Waals surface area contributed by atoms with Gasteiger partial charge in [-0.1, -0.05) is 0 Å². The smallest absolute Gasteiger partial charge is 0.379 e. The molecule has 34 heavy (non-hydrogen) atoms. The number of H-pyrrole nitrogens is 2. The number of aromatic nitrogens is 6. The molecule has 0 spiro atoms. The van der Waals surface area contributed by atoms with Crippen LogP contribution in [0.15, 0.2) is 66.2 Å².